The van der Waals surface area contributed by atoms with E-state index >= 15 is 0 Å². The number of sulfone groups is 1. The van der Waals surface area contributed by atoms with E-state index in [1.807, 2.05) is 24.3 Å². The maximum absolute atomic E-state index is 12.9. The third kappa shape index (κ3) is 3.73. The largest absolute Gasteiger partial charge is 0.341 e. The SMILES string of the molecule is CS(=O)(=O)c1cccc(C(=O)N2CCCN(c3nc4ccccc4[nH]3)CC2)c1. The Morgan fingerprint density at radius 2 is 1.86 bits per heavy atom. The van der Waals surface area contributed by atoms with E-state index < -0.39 is 9.84 Å². The predicted octanol–water partition coefficient (Wildman–Crippen LogP) is 2.32. The summed E-state index contributed by atoms with van der Waals surface area (Å²) in [5.41, 5.74) is 2.32. The lowest BCUT2D eigenvalue weighted by Crippen LogP contribution is -2.35. The van der Waals surface area contributed by atoms with Crippen LogP contribution in [0, 0.1) is 0 Å². The van der Waals surface area contributed by atoms with Crippen molar-refractivity contribution in [2.75, 3.05) is 37.3 Å². The van der Waals surface area contributed by atoms with Crippen molar-refractivity contribution in [2.45, 2.75) is 11.3 Å². The minimum atomic E-state index is -3.35. The highest BCUT2D eigenvalue weighted by Crippen LogP contribution is 2.19. The average Bonchev–Trinajstić information content (AvgIpc) is 2.96. The number of nitrogens with zero attached hydrogens (tertiary/aromatic N) is 3. The number of anilines is 1. The van der Waals surface area contributed by atoms with Crippen molar-refractivity contribution in [3.8, 4) is 0 Å². The molecular weight excluding hydrogens is 376 g/mol. The van der Waals surface area contributed by atoms with Gasteiger partial charge in [0.1, 0.15) is 0 Å². The number of hydrogen-bond acceptors (Lipinski definition) is 5. The molecule has 0 radical (unpaired) electrons. The van der Waals surface area contributed by atoms with Crippen LogP contribution in [0.5, 0.6) is 0 Å². The first-order chi connectivity index (χ1) is 13.4. The summed E-state index contributed by atoms with van der Waals surface area (Å²) in [5.74, 6) is 0.673. The third-order valence-electron chi connectivity index (χ3n) is 4.97. The molecule has 2 aromatic carbocycles. The summed E-state index contributed by atoms with van der Waals surface area (Å²) < 4.78 is 23.5. The van der Waals surface area contributed by atoms with Crippen molar-refractivity contribution in [2.24, 2.45) is 0 Å². The van der Waals surface area contributed by atoms with Gasteiger partial charge in [0, 0.05) is 38.0 Å². The maximum atomic E-state index is 12.9. The van der Waals surface area contributed by atoms with Crippen molar-refractivity contribution in [3.05, 3.63) is 54.1 Å². The van der Waals surface area contributed by atoms with Crippen LogP contribution in [0.2, 0.25) is 0 Å². The molecule has 1 N–H and O–H groups in total. The van der Waals surface area contributed by atoms with Gasteiger partial charge < -0.3 is 14.8 Å². The molecule has 0 bridgehead atoms. The Morgan fingerprint density at radius 1 is 1.04 bits per heavy atom. The van der Waals surface area contributed by atoms with Crippen LogP contribution in [-0.4, -0.2) is 61.6 Å². The number of benzene rings is 2. The first-order valence-corrected chi connectivity index (χ1v) is 11.1. The number of carbonyl (C=O) groups excluding carboxylic acids is 1. The zero-order valence-corrected chi connectivity index (χ0v) is 16.4. The molecule has 28 heavy (non-hydrogen) atoms. The highest BCUT2D eigenvalue weighted by atomic mass is 32.2. The summed E-state index contributed by atoms with van der Waals surface area (Å²) in [7, 11) is -3.35. The molecule has 146 valence electrons. The van der Waals surface area contributed by atoms with Gasteiger partial charge in [0.2, 0.25) is 5.95 Å². The van der Waals surface area contributed by atoms with Crippen LogP contribution < -0.4 is 4.90 Å². The fraction of sp³-hybridized carbons (Fsp3) is 0.300. The quantitative estimate of drug-likeness (QED) is 0.732. The molecule has 1 aliphatic rings. The Hall–Kier alpha value is -2.87. The van der Waals surface area contributed by atoms with Crippen molar-refractivity contribution >= 4 is 32.7 Å². The van der Waals surface area contributed by atoms with E-state index in [0.29, 0.717) is 25.2 Å². The van der Waals surface area contributed by atoms with Crippen LogP contribution >= 0.6 is 0 Å². The summed E-state index contributed by atoms with van der Waals surface area (Å²) in [6.45, 7) is 2.64. The lowest BCUT2D eigenvalue weighted by atomic mass is 10.2. The van der Waals surface area contributed by atoms with Gasteiger partial charge in [0.25, 0.3) is 5.91 Å². The number of hydrogen-bond donors (Lipinski definition) is 1. The molecule has 0 atom stereocenters. The number of carbonyl (C=O) groups is 1. The van der Waals surface area contributed by atoms with Crippen molar-refractivity contribution < 1.29 is 13.2 Å². The third-order valence-corrected chi connectivity index (χ3v) is 6.08. The first kappa shape index (κ1) is 18.5. The van der Waals surface area contributed by atoms with Crippen LogP contribution in [-0.2, 0) is 9.84 Å². The molecule has 1 saturated heterocycles. The Bertz CT molecular complexity index is 1090. The first-order valence-electron chi connectivity index (χ1n) is 9.21. The Kier molecular flexibility index (Phi) is 4.80. The number of para-hydroxylation sites is 2. The summed E-state index contributed by atoms with van der Waals surface area (Å²) in [6, 6.07) is 14.1. The number of aromatic nitrogens is 2. The Labute approximate surface area is 163 Å². The number of amides is 1. The normalized spacial score (nSPS) is 15.6. The monoisotopic (exact) mass is 398 g/mol. The number of fused-ring (bicyclic) bond motifs is 1. The van der Waals surface area contributed by atoms with E-state index in [9.17, 15) is 13.2 Å². The molecule has 4 rings (SSSR count). The zero-order chi connectivity index (χ0) is 19.7. The van der Waals surface area contributed by atoms with Gasteiger partial charge >= 0.3 is 0 Å². The number of H-pyrrole nitrogens is 1. The predicted molar refractivity (Wildman–Crippen MR) is 108 cm³/mol. The van der Waals surface area contributed by atoms with Crippen LogP contribution in [0.4, 0.5) is 5.95 Å². The fourth-order valence-electron chi connectivity index (χ4n) is 3.46. The summed E-state index contributed by atoms with van der Waals surface area (Å²) in [5, 5.41) is 0. The molecule has 8 heteroatoms. The van der Waals surface area contributed by atoms with E-state index in [1.54, 1.807) is 17.0 Å². The van der Waals surface area contributed by atoms with Gasteiger partial charge in [-0.25, -0.2) is 13.4 Å². The van der Waals surface area contributed by atoms with Gasteiger partial charge in [-0.2, -0.15) is 0 Å². The smallest absolute Gasteiger partial charge is 0.253 e. The average molecular weight is 398 g/mol. The molecular formula is C20H22N4O3S. The molecule has 2 heterocycles. The Balaban J connectivity index is 1.50. The molecule has 1 fully saturated rings. The molecule has 3 aromatic rings. The lowest BCUT2D eigenvalue weighted by Gasteiger charge is -2.22. The van der Waals surface area contributed by atoms with Crippen molar-refractivity contribution in [3.63, 3.8) is 0 Å². The highest BCUT2D eigenvalue weighted by Gasteiger charge is 2.22. The lowest BCUT2D eigenvalue weighted by molar-refractivity contribution is 0.0766. The summed E-state index contributed by atoms with van der Waals surface area (Å²) in [6.07, 6.45) is 1.96. The van der Waals surface area contributed by atoms with Gasteiger partial charge in [0.15, 0.2) is 9.84 Å². The van der Waals surface area contributed by atoms with Gasteiger partial charge in [-0.3, -0.25) is 4.79 Å². The topological polar surface area (TPSA) is 86.4 Å². The van der Waals surface area contributed by atoms with E-state index in [1.165, 1.54) is 12.1 Å². The summed E-state index contributed by atoms with van der Waals surface area (Å²) in [4.78, 5) is 25.0. The second-order valence-electron chi connectivity index (χ2n) is 7.01. The number of aromatic amines is 1. The van der Waals surface area contributed by atoms with Crippen LogP contribution in [0.3, 0.4) is 0 Å². The summed E-state index contributed by atoms with van der Waals surface area (Å²) >= 11 is 0. The van der Waals surface area contributed by atoms with Crippen molar-refractivity contribution in [1.29, 1.82) is 0 Å². The molecule has 0 saturated carbocycles. The minimum absolute atomic E-state index is 0.142. The molecule has 1 aliphatic heterocycles. The second-order valence-corrected chi connectivity index (χ2v) is 9.03. The van der Waals surface area contributed by atoms with Gasteiger partial charge in [-0.15, -0.1) is 0 Å². The maximum Gasteiger partial charge on any atom is 0.253 e. The Morgan fingerprint density at radius 3 is 2.64 bits per heavy atom. The van der Waals surface area contributed by atoms with E-state index in [4.69, 9.17) is 0 Å². The molecule has 0 spiro atoms. The highest BCUT2D eigenvalue weighted by molar-refractivity contribution is 7.90. The molecule has 1 amide bonds. The molecule has 7 nitrogen and oxygen atoms in total. The number of rotatable bonds is 3. The van der Waals surface area contributed by atoms with Gasteiger partial charge in [0.05, 0.1) is 15.9 Å². The second kappa shape index (κ2) is 7.27. The zero-order valence-electron chi connectivity index (χ0n) is 15.6. The standard InChI is InChI=1S/C20H22N4O3S/c1-28(26,27)16-7-4-6-15(14-16)19(25)23-10-5-11-24(13-12-23)20-21-17-8-2-3-9-18(17)22-20/h2-4,6-9,14H,5,10-13H2,1H3,(H,21,22). The van der Waals surface area contributed by atoms with Gasteiger partial charge in [-0.1, -0.05) is 18.2 Å². The van der Waals surface area contributed by atoms with Gasteiger partial charge in [-0.05, 0) is 36.8 Å². The van der Waals surface area contributed by atoms with E-state index in [-0.39, 0.29) is 10.8 Å². The van der Waals surface area contributed by atoms with Crippen molar-refractivity contribution in [1.82, 2.24) is 14.9 Å². The van der Waals surface area contributed by atoms with Crippen LogP contribution in [0.15, 0.2) is 53.4 Å². The van der Waals surface area contributed by atoms with Crippen LogP contribution in [0.25, 0.3) is 11.0 Å². The molecule has 0 aliphatic carbocycles. The number of nitrogens with one attached hydrogen (secondary N) is 1. The molecule has 0 unspecified atom stereocenters. The van der Waals surface area contributed by atoms with E-state index in [2.05, 4.69) is 14.9 Å². The molecule has 1 aromatic heterocycles. The number of imidazole rings is 1. The minimum Gasteiger partial charge on any atom is -0.341 e. The van der Waals surface area contributed by atoms with Crippen LogP contribution in [0.1, 0.15) is 16.8 Å². The fourth-order valence-corrected chi connectivity index (χ4v) is 4.13. The van der Waals surface area contributed by atoms with E-state index in [0.717, 1.165) is 36.2 Å².